The van der Waals surface area contributed by atoms with Crippen LogP contribution in [0.25, 0.3) is 0 Å². The van der Waals surface area contributed by atoms with Gasteiger partial charge in [0.1, 0.15) is 0 Å². The van der Waals surface area contributed by atoms with Crippen LogP contribution in [0, 0.1) is 0 Å². The van der Waals surface area contributed by atoms with Crippen molar-refractivity contribution in [3.63, 3.8) is 0 Å². The van der Waals surface area contributed by atoms with Gasteiger partial charge in [0.05, 0.1) is 6.10 Å². The molecule has 2 unspecified atom stereocenters. The Bertz CT molecular complexity index is 260. The number of hydrogen-bond donors (Lipinski definition) is 1. The Kier molecular flexibility index (Phi) is 2.62. The zero-order valence-electron chi connectivity index (χ0n) is 7.56. The van der Waals surface area contributed by atoms with Crippen molar-refractivity contribution in [2.75, 3.05) is 13.1 Å². The Morgan fingerprint density at radius 3 is 2.69 bits per heavy atom. The van der Waals surface area contributed by atoms with Crippen molar-refractivity contribution in [1.82, 2.24) is 5.32 Å². The average molecular weight is 176 g/mol. The largest absolute Gasteiger partial charge is 0.391 e. The number of nitrogens with zero attached hydrogens (tertiary/aromatic N) is 1. The van der Waals surface area contributed by atoms with Gasteiger partial charge in [-0.2, -0.15) is 0 Å². The van der Waals surface area contributed by atoms with Gasteiger partial charge in [-0.15, -0.1) is 0 Å². The number of aliphatic hydroxyl groups is 1. The molecule has 2 rings (SSSR count). The molecule has 1 radical (unpaired) electrons. The predicted molar refractivity (Wildman–Crippen MR) is 51.7 cm³/mol. The lowest BCUT2D eigenvalue weighted by Gasteiger charge is -2.27. The van der Waals surface area contributed by atoms with Crippen LogP contribution in [0.4, 0.5) is 0 Å². The molecule has 0 saturated carbocycles. The number of hydrogen-bond acceptors (Lipinski definition) is 1. The summed E-state index contributed by atoms with van der Waals surface area (Å²) in [5, 5.41) is 13.9. The van der Waals surface area contributed by atoms with Gasteiger partial charge in [-0.25, -0.2) is 5.32 Å². The Hall–Kier alpha value is -0.860. The molecule has 0 bridgehead atoms. The minimum Gasteiger partial charge on any atom is -0.391 e. The molecule has 1 aliphatic heterocycles. The highest BCUT2D eigenvalue weighted by Crippen LogP contribution is 2.25. The maximum Gasteiger partial charge on any atom is 0.0750 e. The average Bonchev–Trinajstić information content (AvgIpc) is 2.20. The third-order valence-corrected chi connectivity index (χ3v) is 2.61. The standard InChI is InChI=1S/C11H14NO/c13-11-8-12-7-6-10(11)9-4-2-1-3-5-9/h1-5,10-11,13H,6-8H2. The highest BCUT2D eigenvalue weighted by molar-refractivity contribution is 5.21. The molecule has 1 N–H and O–H groups in total. The normalized spacial score (nSPS) is 28.7. The first-order valence-electron chi connectivity index (χ1n) is 4.74. The van der Waals surface area contributed by atoms with E-state index in [1.165, 1.54) is 5.56 Å². The Morgan fingerprint density at radius 2 is 2.00 bits per heavy atom. The van der Waals surface area contributed by atoms with Crippen molar-refractivity contribution in [2.24, 2.45) is 0 Å². The zero-order chi connectivity index (χ0) is 9.10. The van der Waals surface area contributed by atoms with Crippen molar-refractivity contribution in [3.8, 4) is 0 Å². The summed E-state index contributed by atoms with van der Waals surface area (Å²) in [7, 11) is 0. The lowest BCUT2D eigenvalue weighted by molar-refractivity contribution is 0.117. The summed E-state index contributed by atoms with van der Waals surface area (Å²) in [6.45, 7) is 1.48. The number of rotatable bonds is 1. The fraction of sp³-hybridized carbons (Fsp3) is 0.455. The first-order chi connectivity index (χ1) is 6.38. The van der Waals surface area contributed by atoms with E-state index in [4.69, 9.17) is 0 Å². The van der Waals surface area contributed by atoms with E-state index in [2.05, 4.69) is 17.4 Å². The minimum atomic E-state index is -0.281. The lowest BCUT2D eigenvalue weighted by Crippen LogP contribution is -2.35. The quantitative estimate of drug-likeness (QED) is 0.684. The van der Waals surface area contributed by atoms with Gasteiger partial charge < -0.3 is 5.11 Å². The molecule has 2 atom stereocenters. The van der Waals surface area contributed by atoms with Crippen LogP contribution in [0.15, 0.2) is 30.3 Å². The van der Waals surface area contributed by atoms with E-state index in [1.54, 1.807) is 0 Å². The predicted octanol–water partition coefficient (Wildman–Crippen LogP) is 1.14. The van der Waals surface area contributed by atoms with E-state index < -0.39 is 0 Å². The third kappa shape index (κ3) is 1.90. The molecule has 1 aromatic carbocycles. The van der Waals surface area contributed by atoms with Gasteiger partial charge in [0.25, 0.3) is 0 Å². The van der Waals surface area contributed by atoms with Crippen LogP contribution < -0.4 is 5.32 Å². The molecule has 2 nitrogen and oxygen atoms in total. The van der Waals surface area contributed by atoms with Crippen molar-refractivity contribution >= 4 is 0 Å². The second-order valence-electron chi connectivity index (χ2n) is 3.50. The van der Waals surface area contributed by atoms with Crippen LogP contribution in [-0.4, -0.2) is 24.3 Å². The van der Waals surface area contributed by atoms with Crippen LogP contribution in [0.2, 0.25) is 0 Å². The summed E-state index contributed by atoms with van der Waals surface area (Å²) >= 11 is 0. The van der Waals surface area contributed by atoms with Crippen LogP contribution in [0.1, 0.15) is 17.9 Å². The Balaban J connectivity index is 2.15. The molecule has 13 heavy (non-hydrogen) atoms. The van der Waals surface area contributed by atoms with Gasteiger partial charge in [0.15, 0.2) is 0 Å². The molecule has 0 amide bonds. The molecular formula is C11H14NO. The molecule has 69 valence electrons. The molecule has 2 heteroatoms. The van der Waals surface area contributed by atoms with Gasteiger partial charge in [-0.05, 0) is 12.0 Å². The van der Waals surface area contributed by atoms with Gasteiger partial charge in [0.2, 0.25) is 0 Å². The van der Waals surface area contributed by atoms with E-state index in [9.17, 15) is 5.11 Å². The second-order valence-corrected chi connectivity index (χ2v) is 3.50. The van der Waals surface area contributed by atoms with E-state index in [1.807, 2.05) is 18.2 Å². The van der Waals surface area contributed by atoms with E-state index in [-0.39, 0.29) is 6.10 Å². The third-order valence-electron chi connectivity index (χ3n) is 2.61. The van der Waals surface area contributed by atoms with E-state index in [0.717, 1.165) is 13.0 Å². The summed E-state index contributed by atoms with van der Waals surface area (Å²) in [4.78, 5) is 0. The van der Waals surface area contributed by atoms with Gasteiger partial charge in [0, 0.05) is 19.0 Å². The van der Waals surface area contributed by atoms with Gasteiger partial charge in [-0.1, -0.05) is 30.3 Å². The van der Waals surface area contributed by atoms with E-state index >= 15 is 0 Å². The highest BCUT2D eigenvalue weighted by atomic mass is 16.3. The molecule has 0 aromatic heterocycles. The molecule has 1 heterocycles. The minimum absolute atomic E-state index is 0.281. The van der Waals surface area contributed by atoms with Crippen molar-refractivity contribution in [2.45, 2.75) is 18.4 Å². The van der Waals surface area contributed by atoms with Crippen LogP contribution in [-0.2, 0) is 0 Å². The van der Waals surface area contributed by atoms with Crippen molar-refractivity contribution in [1.29, 1.82) is 0 Å². The van der Waals surface area contributed by atoms with Crippen LogP contribution in [0.3, 0.4) is 0 Å². The first-order valence-corrected chi connectivity index (χ1v) is 4.74. The molecule has 1 fully saturated rings. The summed E-state index contributed by atoms with van der Waals surface area (Å²) in [5.74, 6) is 0.290. The fourth-order valence-corrected chi connectivity index (χ4v) is 1.86. The highest BCUT2D eigenvalue weighted by Gasteiger charge is 2.24. The molecule has 0 aliphatic carbocycles. The number of benzene rings is 1. The maximum absolute atomic E-state index is 9.73. The summed E-state index contributed by atoms with van der Waals surface area (Å²) < 4.78 is 0. The lowest BCUT2D eigenvalue weighted by atomic mass is 9.88. The van der Waals surface area contributed by atoms with Crippen LogP contribution >= 0.6 is 0 Å². The van der Waals surface area contributed by atoms with Crippen molar-refractivity contribution in [3.05, 3.63) is 35.9 Å². The van der Waals surface area contributed by atoms with Crippen LogP contribution in [0.5, 0.6) is 0 Å². The maximum atomic E-state index is 9.73. The topological polar surface area (TPSA) is 34.3 Å². The number of aliphatic hydroxyl groups excluding tert-OH is 1. The zero-order valence-corrected chi connectivity index (χ0v) is 7.56. The number of piperidine rings is 1. The monoisotopic (exact) mass is 176 g/mol. The molecule has 1 aliphatic rings. The fourth-order valence-electron chi connectivity index (χ4n) is 1.86. The first kappa shape index (κ1) is 8.73. The smallest absolute Gasteiger partial charge is 0.0750 e. The van der Waals surface area contributed by atoms with Gasteiger partial charge >= 0.3 is 0 Å². The molecule has 0 spiro atoms. The Labute approximate surface area is 78.6 Å². The summed E-state index contributed by atoms with van der Waals surface area (Å²) in [6.07, 6.45) is 0.696. The molecular weight excluding hydrogens is 162 g/mol. The second kappa shape index (κ2) is 3.90. The Morgan fingerprint density at radius 1 is 1.23 bits per heavy atom. The SMILES string of the molecule is OC1C[N]CCC1c1ccccc1. The molecule has 1 saturated heterocycles. The van der Waals surface area contributed by atoms with E-state index in [0.29, 0.717) is 12.5 Å². The summed E-state index contributed by atoms with van der Waals surface area (Å²) in [5.41, 5.74) is 1.24. The van der Waals surface area contributed by atoms with Gasteiger partial charge in [-0.3, -0.25) is 0 Å². The summed E-state index contributed by atoms with van der Waals surface area (Å²) in [6, 6.07) is 10.2. The van der Waals surface area contributed by atoms with Crippen molar-refractivity contribution < 1.29 is 5.11 Å². The molecule has 1 aromatic rings.